The lowest BCUT2D eigenvalue weighted by Crippen LogP contribution is -2.30. The van der Waals surface area contributed by atoms with E-state index in [-0.39, 0.29) is 25.7 Å². The van der Waals surface area contributed by atoms with Crippen molar-refractivity contribution < 1.29 is 80.2 Å². The molecule has 0 saturated heterocycles. The number of hydrogen-bond donors (Lipinski definition) is 3. The van der Waals surface area contributed by atoms with Crippen LogP contribution in [-0.2, 0) is 65.4 Å². The Kier molecular flexibility index (Phi) is 86.5. The lowest BCUT2D eigenvalue weighted by atomic mass is 9.99. The molecule has 0 fully saturated rings. The molecule has 3 unspecified atom stereocenters. The van der Waals surface area contributed by atoms with Crippen molar-refractivity contribution in [2.75, 3.05) is 39.6 Å². The molecule has 6 atom stereocenters. The van der Waals surface area contributed by atoms with Crippen LogP contribution in [0.4, 0.5) is 0 Å². The quantitative estimate of drug-likeness (QED) is 0.0222. The summed E-state index contributed by atoms with van der Waals surface area (Å²) in [7, 11) is -9.94. The fourth-order valence-electron chi connectivity index (χ4n) is 15.3. The zero-order valence-corrected chi connectivity index (χ0v) is 78.6. The third-order valence-electron chi connectivity index (χ3n) is 23.3. The maximum atomic E-state index is 13.2. The first-order valence-corrected chi connectivity index (χ1v) is 53.0. The van der Waals surface area contributed by atoms with Gasteiger partial charge in [0.1, 0.15) is 19.3 Å². The lowest BCUT2D eigenvalue weighted by molar-refractivity contribution is -0.161. The Morgan fingerprint density at radius 2 is 0.440 bits per heavy atom. The van der Waals surface area contributed by atoms with Gasteiger partial charge >= 0.3 is 39.5 Å². The molecule has 0 radical (unpaired) electrons. The summed E-state index contributed by atoms with van der Waals surface area (Å²) < 4.78 is 69.3. The summed E-state index contributed by atoms with van der Waals surface area (Å²) in [6, 6.07) is 0. The molecule has 0 saturated carbocycles. The van der Waals surface area contributed by atoms with E-state index < -0.39 is 97.5 Å². The predicted octanol–water partition coefficient (Wildman–Crippen LogP) is 30.5. The molecular formula is C97H190O17P2. The molecule has 0 aliphatic carbocycles. The number of ether oxygens (including phenoxy) is 4. The predicted molar refractivity (Wildman–Crippen MR) is 483 cm³/mol. The number of carbonyl (C=O) groups is 4. The minimum atomic E-state index is -4.97. The minimum absolute atomic E-state index is 0.109. The van der Waals surface area contributed by atoms with Gasteiger partial charge in [-0.3, -0.25) is 37.3 Å². The molecule has 0 aliphatic heterocycles. The first-order valence-electron chi connectivity index (χ1n) is 50.0. The van der Waals surface area contributed by atoms with Crippen molar-refractivity contribution in [3.05, 3.63) is 0 Å². The summed E-state index contributed by atoms with van der Waals surface area (Å²) in [5, 5.41) is 10.7. The number of phosphoric acid groups is 2. The normalized spacial score (nSPS) is 13.9. The summed E-state index contributed by atoms with van der Waals surface area (Å²) in [6.45, 7) is 9.84. The van der Waals surface area contributed by atoms with Gasteiger partial charge in [-0.05, 0) is 37.5 Å². The third-order valence-corrected chi connectivity index (χ3v) is 25.2. The molecule has 3 N–H and O–H groups in total. The molecule has 690 valence electrons. The van der Waals surface area contributed by atoms with E-state index in [1.807, 2.05) is 0 Å². The van der Waals surface area contributed by atoms with Crippen molar-refractivity contribution >= 4 is 39.5 Å². The molecule has 0 aromatic rings. The van der Waals surface area contributed by atoms with E-state index in [2.05, 4.69) is 41.5 Å². The van der Waals surface area contributed by atoms with Crippen molar-refractivity contribution in [1.82, 2.24) is 0 Å². The number of esters is 4. The summed E-state index contributed by atoms with van der Waals surface area (Å²) in [6.07, 6.45) is 84.8. The summed E-state index contributed by atoms with van der Waals surface area (Å²) >= 11 is 0. The Morgan fingerprint density at radius 3 is 0.655 bits per heavy atom. The summed E-state index contributed by atoms with van der Waals surface area (Å²) in [5.74, 6) is -0.407. The van der Waals surface area contributed by atoms with Gasteiger partial charge in [0.15, 0.2) is 12.2 Å². The largest absolute Gasteiger partial charge is 0.472 e. The Balaban J connectivity index is 5.25. The van der Waals surface area contributed by atoms with Crippen LogP contribution in [0.15, 0.2) is 0 Å². The highest BCUT2D eigenvalue weighted by Crippen LogP contribution is 2.45. The van der Waals surface area contributed by atoms with Crippen molar-refractivity contribution in [2.45, 2.75) is 548 Å². The number of aliphatic hydroxyl groups is 1. The van der Waals surface area contributed by atoms with E-state index in [1.165, 1.54) is 347 Å². The van der Waals surface area contributed by atoms with Crippen molar-refractivity contribution in [3.63, 3.8) is 0 Å². The van der Waals surface area contributed by atoms with Gasteiger partial charge in [0.25, 0.3) is 0 Å². The van der Waals surface area contributed by atoms with E-state index in [1.54, 1.807) is 0 Å². The Labute approximate surface area is 715 Å². The summed E-state index contributed by atoms with van der Waals surface area (Å²) in [5.41, 5.74) is 0. The second kappa shape index (κ2) is 87.9. The number of unbranched alkanes of at least 4 members (excludes halogenated alkanes) is 65. The molecule has 0 aromatic carbocycles. The Hall–Kier alpha value is -1.94. The number of phosphoric ester groups is 2. The van der Waals surface area contributed by atoms with Gasteiger partial charge in [-0.25, -0.2) is 9.13 Å². The lowest BCUT2D eigenvalue weighted by Gasteiger charge is -2.21. The molecule has 17 nitrogen and oxygen atoms in total. The second-order valence-corrected chi connectivity index (χ2v) is 38.4. The van der Waals surface area contributed by atoms with Gasteiger partial charge in [-0.1, -0.05) is 478 Å². The highest BCUT2D eigenvalue weighted by Gasteiger charge is 2.31. The van der Waals surface area contributed by atoms with Crippen LogP contribution in [0.25, 0.3) is 0 Å². The fraction of sp³-hybridized carbons (Fsp3) is 0.959. The molecule has 0 bridgehead atoms. The van der Waals surface area contributed by atoms with Gasteiger partial charge in [0, 0.05) is 25.7 Å². The zero-order valence-electron chi connectivity index (χ0n) is 76.8. The first-order chi connectivity index (χ1) is 56.4. The fourth-order valence-corrected chi connectivity index (χ4v) is 16.9. The van der Waals surface area contributed by atoms with Crippen LogP contribution in [0.3, 0.4) is 0 Å². The zero-order chi connectivity index (χ0) is 84.8. The van der Waals surface area contributed by atoms with Gasteiger partial charge in [-0.2, -0.15) is 0 Å². The molecule has 0 aromatic heterocycles. The molecule has 0 aliphatic rings. The van der Waals surface area contributed by atoms with Gasteiger partial charge in [0.05, 0.1) is 26.4 Å². The van der Waals surface area contributed by atoms with E-state index in [0.717, 1.165) is 102 Å². The number of rotatable bonds is 96. The highest BCUT2D eigenvalue weighted by atomic mass is 31.2. The van der Waals surface area contributed by atoms with Gasteiger partial charge in [-0.15, -0.1) is 0 Å². The molecule has 0 spiro atoms. The first kappa shape index (κ1) is 114. The van der Waals surface area contributed by atoms with Crippen LogP contribution < -0.4 is 0 Å². The van der Waals surface area contributed by atoms with Crippen molar-refractivity contribution in [3.8, 4) is 0 Å². The SMILES string of the molecule is CCCCCCCCCCCCCCCCCCCCCCCCC(=O)OC[C@H](COP(=O)(O)OC[C@@H](O)COP(=O)(O)OC[C@@H](COC(=O)CCCCCCCCCCCCCCC)OC(=O)CCCCCCCCCCCCCCCCCCC(C)C)OC(=O)CCCCCCCCCCCCCCCCCCCCC(C)CC. The van der Waals surface area contributed by atoms with Crippen molar-refractivity contribution in [1.29, 1.82) is 0 Å². The molecule has 0 amide bonds. The average Bonchev–Trinajstić information content (AvgIpc) is 0.897. The smallest absolute Gasteiger partial charge is 0.462 e. The summed E-state index contributed by atoms with van der Waals surface area (Å²) in [4.78, 5) is 73.6. The molecule has 0 heterocycles. The van der Waals surface area contributed by atoms with E-state index in [9.17, 15) is 43.2 Å². The van der Waals surface area contributed by atoms with Gasteiger partial charge < -0.3 is 33.8 Å². The molecular weight excluding hydrogens is 1500 g/mol. The topological polar surface area (TPSA) is 237 Å². The molecule has 0 rings (SSSR count). The van der Waals surface area contributed by atoms with E-state index in [4.69, 9.17) is 37.0 Å². The average molecular weight is 1690 g/mol. The second-order valence-electron chi connectivity index (χ2n) is 35.5. The van der Waals surface area contributed by atoms with Crippen LogP contribution in [0.5, 0.6) is 0 Å². The van der Waals surface area contributed by atoms with Crippen molar-refractivity contribution in [2.24, 2.45) is 11.8 Å². The van der Waals surface area contributed by atoms with E-state index in [0.29, 0.717) is 25.7 Å². The van der Waals surface area contributed by atoms with Crippen LogP contribution in [0, 0.1) is 11.8 Å². The van der Waals surface area contributed by atoms with Crippen LogP contribution in [0.1, 0.15) is 530 Å². The number of hydrogen-bond acceptors (Lipinski definition) is 15. The Bertz CT molecular complexity index is 2210. The van der Waals surface area contributed by atoms with Gasteiger partial charge in [0.2, 0.25) is 0 Å². The minimum Gasteiger partial charge on any atom is -0.462 e. The maximum absolute atomic E-state index is 13.2. The monoisotopic (exact) mass is 1690 g/mol. The van der Waals surface area contributed by atoms with E-state index >= 15 is 0 Å². The Morgan fingerprint density at radius 1 is 0.250 bits per heavy atom. The maximum Gasteiger partial charge on any atom is 0.472 e. The van der Waals surface area contributed by atoms with Crippen LogP contribution in [0.2, 0.25) is 0 Å². The number of aliphatic hydroxyl groups excluding tert-OH is 1. The third kappa shape index (κ3) is 88.4. The molecule has 116 heavy (non-hydrogen) atoms. The van der Waals surface area contributed by atoms with Crippen LogP contribution in [-0.4, -0.2) is 96.7 Å². The number of carbonyl (C=O) groups excluding carboxylic acids is 4. The van der Waals surface area contributed by atoms with Crippen LogP contribution >= 0.6 is 15.6 Å². The highest BCUT2D eigenvalue weighted by molar-refractivity contribution is 7.47. The standard InChI is InChI=1S/C97H190O17P2/c1-7-10-12-14-16-18-20-22-23-24-25-26-27-28-32-38-44-50-56-62-68-74-80-95(100)108-86-93(114-96(101)81-75-69-63-57-51-45-39-33-30-29-31-37-43-48-54-60-66-72-78-90(6)9-3)88-112-116(105,106)110-84-91(98)83-109-115(103,104)111-87-92(85-107-94(99)79-73-67-61-55-49-41-21-19-17-15-13-11-8-2)113-97(102)82-76-70-64-58-52-46-40-35-34-36-42-47-53-59-65-71-77-89(4)5/h89-93,98H,7-88H2,1-6H3,(H,103,104)(H,105,106)/t90?,91-,92+,93+/m0/s1. The molecule has 19 heteroatoms.